The third-order valence-corrected chi connectivity index (χ3v) is 6.01. The van der Waals surface area contributed by atoms with Crippen LogP contribution >= 0.6 is 0 Å². The molecule has 0 spiro atoms. The lowest BCUT2D eigenvalue weighted by Crippen LogP contribution is -2.33. The van der Waals surface area contributed by atoms with Crippen molar-refractivity contribution in [1.29, 1.82) is 0 Å². The second-order valence-electron chi connectivity index (χ2n) is 8.26. The molecule has 0 bridgehead atoms. The largest absolute Gasteiger partial charge is 0.372 e. The molecule has 1 aliphatic heterocycles. The summed E-state index contributed by atoms with van der Waals surface area (Å²) in [7, 11) is 1.80. The van der Waals surface area contributed by atoms with E-state index in [1.54, 1.807) is 42.3 Å². The van der Waals surface area contributed by atoms with Crippen LogP contribution in [-0.2, 0) is 11.2 Å². The number of nitrogens with zero attached hydrogens (tertiary/aromatic N) is 3. The Kier molecular flexibility index (Phi) is 6.78. The fraction of sp³-hybridized carbons (Fsp3) is 0.308. The minimum absolute atomic E-state index is 0.0267. The van der Waals surface area contributed by atoms with Crippen molar-refractivity contribution in [3.8, 4) is 0 Å². The maximum absolute atomic E-state index is 14.0. The highest BCUT2D eigenvalue weighted by Gasteiger charge is 2.30. The van der Waals surface area contributed by atoms with Crippen LogP contribution in [0.15, 0.2) is 66.9 Å². The highest BCUT2D eigenvalue weighted by Crippen LogP contribution is 2.31. The number of hydrogen-bond donors (Lipinski definition) is 0. The van der Waals surface area contributed by atoms with E-state index in [2.05, 4.69) is 4.98 Å². The molecule has 1 aliphatic rings. The van der Waals surface area contributed by atoms with Gasteiger partial charge in [-0.3, -0.25) is 9.78 Å². The van der Waals surface area contributed by atoms with E-state index in [-0.39, 0.29) is 23.6 Å². The van der Waals surface area contributed by atoms with E-state index in [0.29, 0.717) is 31.6 Å². The second-order valence-corrected chi connectivity index (χ2v) is 8.26. The fourth-order valence-corrected chi connectivity index (χ4v) is 4.24. The van der Waals surface area contributed by atoms with Gasteiger partial charge in [0.25, 0.3) is 0 Å². The van der Waals surface area contributed by atoms with Crippen LogP contribution in [0.3, 0.4) is 0 Å². The quantitative estimate of drug-likeness (QED) is 0.516. The lowest BCUT2D eigenvalue weighted by atomic mass is 10.0. The van der Waals surface area contributed by atoms with Crippen LogP contribution in [0.1, 0.15) is 42.1 Å². The number of para-hydroxylation sites is 1. The van der Waals surface area contributed by atoms with E-state index in [1.807, 2.05) is 23.2 Å². The SMILES string of the molecule is CN(CCC(=O)N1CCCC1c1ccc(Cc2ccc(F)cc2)cn1)c1ccccc1F. The topological polar surface area (TPSA) is 36.4 Å². The van der Waals surface area contributed by atoms with Gasteiger partial charge in [0.1, 0.15) is 11.6 Å². The van der Waals surface area contributed by atoms with Crippen LogP contribution in [-0.4, -0.2) is 35.9 Å². The third kappa shape index (κ3) is 5.13. The Labute approximate surface area is 187 Å². The molecule has 1 saturated heterocycles. The predicted molar refractivity (Wildman–Crippen MR) is 121 cm³/mol. The van der Waals surface area contributed by atoms with Crippen molar-refractivity contribution in [2.75, 3.05) is 25.0 Å². The summed E-state index contributed by atoms with van der Waals surface area (Å²) in [6.07, 6.45) is 4.68. The van der Waals surface area contributed by atoms with Gasteiger partial charge in [-0.15, -0.1) is 0 Å². The van der Waals surface area contributed by atoms with Gasteiger partial charge < -0.3 is 9.80 Å². The van der Waals surface area contributed by atoms with E-state index in [9.17, 15) is 13.6 Å². The van der Waals surface area contributed by atoms with Crippen LogP contribution in [0.5, 0.6) is 0 Å². The zero-order valence-corrected chi connectivity index (χ0v) is 18.2. The molecular weight excluding hydrogens is 408 g/mol. The summed E-state index contributed by atoms with van der Waals surface area (Å²) in [5, 5.41) is 0. The van der Waals surface area contributed by atoms with Crippen LogP contribution in [0.4, 0.5) is 14.5 Å². The molecular formula is C26H27F2N3O. The van der Waals surface area contributed by atoms with Gasteiger partial charge in [-0.05, 0) is 60.7 Å². The third-order valence-electron chi connectivity index (χ3n) is 6.01. The number of aromatic nitrogens is 1. The molecule has 166 valence electrons. The van der Waals surface area contributed by atoms with Gasteiger partial charge in [0.2, 0.25) is 5.91 Å². The number of amides is 1. The Morgan fingerprint density at radius 1 is 1.06 bits per heavy atom. The monoisotopic (exact) mass is 435 g/mol. The first-order chi connectivity index (χ1) is 15.5. The molecule has 1 fully saturated rings. The van der Waals surface area contributed by atoms with Gasteiger partial charge in [0, 0.05) is 32.8 Å². The summed E-state index contributed by atoms with van der Waals surface area (Å²) in [6.45, 7) is 1.17. The number of likely N-dealkylation sites (tertiary alicyclic amines) is 1. The molecule has 2 heterocycles. The molecule has 0 aliphatic carbocycles. The van der Waals surface area contributed by atoms with Crippen molar-refractivity contribution in [3.63, 3.8) is 0 Å². The van der Waals surface area contributed by atoms with Gasteiger partial charge in [0.15, 0.2) is 0 Å². The normalized spacial score (nSPS) is 15.7. The van der Waals surface area contributed by atoms with Crippen molar-refractivity contribution >= 4 is 11.6 Å². The summed E-state index contributed by atoms with van der Waals surface area (Å²) in [6, 6.07) is 17.1. The Morgan fingerprint density at radius 2 is 1.81 bits per heavy atom. The first-order valence-corrected chi connectivity index (χ1v) is 11.0. The van der Waals surface area contributed by atoms with E-state index in [0.717, 1.165) is 29.7 Å². The van der Waals surface area contributed by atoms with E-state index in [1.165, 1.54) is 18.2 Å². The Balaban J connectivity index is 1.36. The fourth-order valence-electron chi connectivity index (χ4n) is 4.24. The van der Waals surface area contributed by atoms with Gasteiger partial charge in [0.05, 0.1) is 17.4 Å². The minimum Gasteiger partial charge on any atom is -0.372 e. The summed E-state index contributed by atoms with van der Waals surface area (Å²) in [5.74, 6) is -0.465. The van der Waals surface area contributed by atoms with Gasteiger partial charge in [-0.25, -0.2) is 8.78 Å². The number of benzene rings is 2. The number of pyridine rings is 1. The molecule has 0 saturated carbocycles. The second kappa shape index (κ2) is 9.90. The predicted octanol–water partition coefficient (Wildman–Crippen LogP) is 5.14. The van der Waals surface area contributed by atoms with Crippen molar-refractivity contribution < 1.29 is 13.6 Å². The summed E-state index contributed by atoms with van der Waals surface area (Å²) in [4.78, 5) is 21.2. The Bertz CT molecular complexity index is 1050. The molecule has 4 rings (SSSR count). The first-order valence-electron chi connectivity index (χ1n) is 11.0. The van der Waals surface area contributed by atoms with Gasteiger partial charge in [-0.1, -0.05) is 30.3 Å². The van der Waals surface area contributed by atoms with Crippen LogP contribution in [0, 0.1) is 11.6 Å². The molecule has 2 aromatic carbocycles. The maximum Gasteiger partial charge on any atom is 0.224 e. The zero-order chi connectivity index (χ0) is 22.5. The molecule has 32 heavy (non-hydrogen) atoms. The molecule has 0 radical (unpaired) electrons. The number of rotatable bonds is 7. The standard InChI is InChI=1S/C26H27F2N3O/c1-30(24-6-3-2-5-22(24)28)16-14-26(32)31-15-4-7-25(31)23-13-10-20(18-29-23)17-19-8-11-21(27)12-9-19/h2-3,5-6,8-13,18,25H,4,7,14-17H2,1H3. The molecule has 1 atom stereocenters. The zero-order valence-electron chi connectivity index (χ0n) is 18.2. The van der Waals surface area contributed by atoms with Crippen LogP contribution in [0.2, 0.25) is 0 Å². The molecule has 0 N–H and O–H groups in total. The number of halogens is 2. The average Bonchev–Trinajstić information content (AvgIpc) is 3.30. The van der Waals surface area contributed by atoms with E-state index >= 15 is 0 Å². The number of anilines is 1. The Hall–Kier alpha value is -3.28. The average molecular weight is 436 g/mol. The lowest BCUT2D eigenvalue weighted by Gasteiger charge is -2.26. The maximum atomic E-state index is 14.0. The van der Waals surface area contributed by atoms with Gasteiger partial charge in [-0.2, -0.15) is 0 Å². The highest BCUT2D eigenvalue weighted by atomic mass is 19.1. The molecule has 6 heteroatoms. The van der Waals surface area contributed by atoms with Gasteiger partial charge >= 0.3 is 0 Å². The number of carbonyl (C=O) groups excluding carboxylic acids is 1. The number of hydrogen-bond acceptors (Lipinski definition) is 3. The van der Waals surface area contributed by atoms with E-state index < -0.39 is 0 Å². The molecule has 3 aromatic rings. The highest BCUT2D eigenvalue weighted by molar-refractivity contribution is 5.77. The molecule has 1 amide bonds. The summed E-state index contributed by atoms with van der Waals surface area (Å²) < 4.78 is 27.1. The summed E-state index contributed by atoms with van der Waals surface area (Å²) in [5.41, 5.74) is 3.46. The van der Waals surface area contributed by atoms with Crippen LogP contribution < -0.4 is 4.90 Å². The summed E-state index contributed by atoms with van der Waals surface area (Å²) >= 11 is 0. The Morgan fingerprint density at radius 3 is 2.53 bits per heavy atom. The van der Waals surface area contributed by atoms with Crippen molar-refractivity contribution in [2.45, 2.75) is 31.7 Å². The molecule has 1 aromatic heterocycles. The van der Waals surface area contributed by atoms with Crippen molar-refractivity contribution in [2.24, 2.45) is 0 Å². The first kappa shape index (κ1) is 21.9. The lowest BCUT2D eigenvalue weighted by molar-refractivity contribution is -0.132. The molecule has 4 nitrogen and oxygen atoms in total. The van der Waals surface area contributed by atoms with E-state index in [4.69, 9.17) is 0 Å². The minimum atomic E-state index is -0.286. The smallest absolute Gasteiger partial charge is 0.224 e. The number of carbonyl (C=O) groups is 1. The van der Waals surface area contributed by atoms with Crippen molar-refractivity contribution in [1.82, 2.24) is 9.88 Å². The molecule has 1 unspecified atom stereocenters. The van der Waals surface area contributed by atoms with Crippen LogP contribution in [0.25, 0.3) is 0 Å². The van der Waals surface area contributed by atoms with Crippen molar-refractivity contribution in [3.05, 3.63) is 95.3 Å².